The third-order valence-electron chi connectivity index (χ3n) is 6.55. The van der Waals surface area contributed by atoms with Gasteiger partial charge in [0.2, 0.25) is 11.8 Å². The van der Waals surface area contributed by atoms with Gasteiger partial charge in [0, 0.05) is 49.9 Å². The lowest BCUT2D eigenvalue weighted by Gasteiger charge is -2.46. The van der Waals surface area contributed by atoms with Gasteiger partial charge in [0.15, 0.2) is 0 Å². The molecule has 0 aliphatic carbocycles. The molecule has 0 unspecified atom stereocenters. The molecule has 1 saturated heterocycles. The molecule has 2 N–H and O–H groups in total. The van der Waals surface area contributed by atoms with Crippen molar-refractivity contribution < 1.29 is 14.3 Å². The van der Waals surface area contributed by atoms with Crippen molar-refractivity contribution in [3.8, 4) is 0 Å². The molecule has 0 saturated carbocycles. The molecule has 0 aromatic heterocycles. The summed E-state index contributed by atoms with van der Waals surface area (Å²) in [7, 11) is 0.961. The summed E-state index contributed by atoms with van der Waals surface area (Å²) in [6.07, 6.45) is 0.180. The highest BCUT2D eigenvalue weighted by molar-refractivity contribution is 6.76. The molecule has 4 rings (SSSR count). The van der Waals surface area contributed by atoms with E-state index < -0.39 is 19.5 Å². The van der Waals surface area contributed by atoms with Crippen LogP contribution >= 0.6 is 23.2 Å². The van der Waals surface area contributed by atoms with Gasteiger partial charge in [0.1, 0.15) is 5.41 Å². The quantitative estimate of drug-likeness (QED) is 0.345. The Labute approximate surface area is 219 Å². The van der Waals surface area contributed by atoms with Crippen molar-refractivity contribution in [2.45, 2.75) is 56.4 Å². The van der Waals surface area contributed by atoms with Crippen molar-refractivity contribution in [3.63, 3.8) is 0 Å². The van der Waals surface area contributed by atoms with Gasteiger partial charge in [-0.1, -0.05) is 73.2 Å². The fourth-order valence-corrected chi connectivity index (χ4v) is 6.05. The summed E-state index contributed by atoms with van der Waals surface area (Å²) in [4.78, 5) is 26.0. The number of hydrogen-bond donors (Lipinski definition) is 2. The number of hydrogen-bond acceptors (Lipinski definition) is 3. The van der Waals surface area contributed by atoms with Crippen molar-refractivity contribution in [2.75, 3.05) is 19.0 Å². The van der Waals surface area contributed by atoms with Crippen LogP contribution in [0.4, 0.5) is 5.69 Å². The number of anilines is 1. The highest BCUT2D eigenvalue weighted by Crippen LogP contribution is 2.54. The zero-order valence-corrected chi connectivity index (χ0v) is 23.5. The maximum Gasteiger partial charge on any atom is 0.238 e. The van der Waals surface area contributed by atoms with Crippen LogP contribution in [0.5, 0.6) is 0 Å². The molecule has 2 aliphatic heterocycles. The number of amides is 2. The molecule has 3 atom stereocenters. The Morgan fingerprint density at radius 3 is 2.40 bits per heavy atom. The van der Waals surface area contributed by atoms with Gasteiger partial charge >= 0.3 is 0 Å². The number of carbonyl (C=O) groups is 2. The average Bonchev–Trinajstić information content (AvgIpc) is 3.04. The summed E-state index contributed by atoms with van der Waals surface area (Å²) < 4.78 is 4.95. The molecule has 8 heteroatoms. The van der Waals surface area contributed by atoms with Gasteiger partial charge in [-0.25, -0.2) is 0 Å². The minimum Gasteiger partial charge on any atom is -0.385 e. The standard InChI is InChI=1S/C21H18Cl2N2O2.C6H16OSi/c1-11(2)19-21(15-7-6-14(23)9-17(15)24-20(21)27)16(10-18(26)25-19)12-4-3-5-13(22)8-12;1-7-5-6-8(2,3)4/h3-9,16,19H,1,10H2,2H3,(H,24,27)(H,25,26);5-6H2,1-4H3/t16-,19+,21-;/m0./s1. The smallest absolute Gasteiger partial charge is 0.238 e. The Balaban J connectivity index is 0.000000371. The van der Waals surface area contributed by atoms with E-state index in [1.165, 1.54) is 6.04 Å². The first kappa shape index (κ1) is 27.5. The van der Waals surface area contributed by atoms with Crippen LogP contribution in [-0.4, -0.2) is 39.6 Å². The lowest BCUT2D eigenvalue weighted by molar-refractivity contribution is -0.130. The van der Waals surface area contributed by atoms with E-state index in [2.05, 4.69) is 36.9 Å². The number of nitrogens with one attached hydrogen (secondary N) is 2. The largest absolute Gasteiger partial charge is 0.385 e. The normalized spacial score (nSPS) is 23.2. The van der Waals surface area contributed by atoms with E-state index in [0.29, 0.717) is 21.3 Å². The van der Waals surface area contributed by atoms with E-state index in [9.17, 15) is 9.59 Å². The van der Waals surface area contributed by atoms with Crippen LogP contribution in [0.15, 0.2) is 54.6 Å². The number of piperidine rings is 1. The Hall–Kier alpha value is -2.12. The number of halogens is 2. The highest BCUT2D eigenvalue weighted by Gasteiger charge is 2.60. The van der Waals surface area contributed by atoms with Crippen LogP contribution in [0.2, 0.25) is 35.7 Å². The fraction of sp³-hybridized carbons (Fsp3) is 0.407. The summed E-state index contributed by atoms with van der Waals surface area (Å²) in [6, 6.07) is 13.5. The first-order valence-corrected chi connectivity index (χ1v) is 16.2. The molecule has 0 bridgehead atoms. The van der Waals surface area contributed by atoms with Gasteiger partial charge < -0.3 is 15.4 Å². The number of fused-ring (bicyclic) bond motifs is 2. The molecule has 1 fully saturated rings. The van der Waals surface area contributed by atoms with Crippen LogP contribution in [0.3, 0.4) is 0 Å². The van der Waals surface area contributed by atoms with Crippen LogP contribution in [-0.2, 0) is 19.7 Å². The average molecular weight is 534 g/mol. The van der Waals surface area contributed by atoms with E-state index in [0.717, 1.165) is 17.7 Å². The Morgan fingerprint density at radius 2 is 1.83 bits per heavy atom. The lowest BCUT2D eigenvalue weighted by atomic mass is 9.59. The van der Waals surface area contributed by atoms with E-state index in [4.69, 9.17) is 27.9 Å². The van der Waals surface area contributed by atoms with E-state index in [1.54, 1.807) is 25.3 Å². The summed E-state index contributed by atoms with van der Waals surface area (Å²) in [5, 5.41) is 7.05. The summed E-state index contributed by atoms with van der Waals surface area (Å²) in [5.41, 5.74) is 2.04. The summed E-state index contributed by atoms with van der Waals surface area (Å²) in [6.45, 7) is 13.9. The van der Waals surface area contributed by atoms with Gasteiger partial charge in [-0.2, -0.15) is 0 Å². The Morgan fingerprint density at radius 1 is 1.14 bits per heavy atom. The van der Waals surface area contributed by atoms with Crippen LogP contribution in [0.1, 0.15) is 30.4 Å². The maximum absolute atomic E-state index is 13.4. The molecule has 2 aliphatic rings. The second-order valence-corrected chi connectivity index (χ2v) is 17.0. The van der Waals surface area contributed by atoms with Crippen LogP contribution in [0, 0.1) is 0 Å². The summed E-state index contributed by atoms with van der Waals surface area (Å²) in [5.74, 6) is -0.666. The maximum atomic E-state index is 13.4. The second-order valence-electron chi connectivity index (χ2n) is 10.5. The van der Waals surface area contributed by atoms with Crippen molar-refractivity contribution in [1.29, 1.82) is 0 Å². The molecule has 0 radical (unpaired) electrons. The Kier molecular flexibility index (Phi) is 8.53. The molecular formula is C27H34Cl2N2O3Si. The van der Waals surface area contributed by atoms with Gasteiger partial charge in [-0.15, -0.1) is 0 Å². The number of benzene rings is 2. The molecule has 2 aromatic carbocycles. The lowest BCUT2D eigenvalue weighted by Crippen LogP contribution is -2.62. The minimum atomic E-state index is -1.01. The molecule has 2 aromatic rings. The topological polar surface area (TPSA) is 67.4 Å². The Bertz CT molecular complexity index is 1130. The van der Waals surface area contributed by atoms with Crippen molar-refractivity contribution in [2.24, 2.45) is 0 Å². The predicted molar refractivity (Wildman–Crippen MR) is 147 cm³/mol. The SMILES string of the molecule is C=C(C)[C@H]1NC(=O)C[C@@H](c2cccc(Cl)c2)[C@]12C(=O)Nc1cc(Cl)ccc12.COCC[Si](C)(C)C. The molecule has 188 valence electrons. The second kappa shape index (κ2) is 10.9. The molecule has 35 heavy (non-hydrogen) atoms. The van der Waals surface area contributed by atoms with Gasteiger partial charge in [-0.3, -0.25) is 9.59 Å². The van der Waals surface area contributed by atoms with Crippen LogP contribution < -0.4 is 10.6 Å². The third kappa shape index (κ3) is 5.83. The monoisotopic (exact) mass is 532 g/mol. The first-order valence-electron chi connectivity index (χ1n) is 11.7. The van der Waals surface area contributed by atoms with E-state index >= 15 is 0 Å². The third-order valence-corrected chi connectivity index (χ3v) is 8.73. The fourth-order valence-electron chi connectivity index (χ4n) is 4.87. The van der Waals surface area contributed by atoms with Gasteiger partial charge in [0.05, 0.1) is 6.04 Å². The molecule has 2 amide bonds. The van der Waals surface area contributed by atoms with E-state index in [-0.39, 0.29) is 24.2 Å². The minimum absolute atomic E-state index is 0.117. The van der Waals surface area contributed by atoms with Gasteiger partial charge in [-0.05, 0) is 48.4 Å². The number of methoxy groups -OCH3 is 1. The zero-order chi connectivity index (χ0) is 26.0. The zero-order valence-electron chi connectivity index (χ0n) is 21.0. The van der Waals surface area contributed by atoms with Crippen molar-refractivity contribution in [1.82, 2.24) is 5.32 Å². The number of rotatable bonds is 5. The van der Waals surface area contributed by atoms with E-state index in [1.807, 2.05) is 31.2 Å². The molecular weight excluding hydrogens is 499 g/mol. The van der Waals surface area contributed by atoms with Crippen LogP contribution in [0.25, 0.3) is 0 Å². The van der Waals surface area contributed by atoms with Crippen molar-refractivity contribution in [3.05, 3.63) is 75.8 Å². The summed E-state index contributed by atoms with van der Waals surface area (Å²) >= 11 is 12.4. The van der Waals surface area contributed by atoms with Crippen molar-refractivity contribution >= 4 is 48.8 Å². The number of ether oxygens (including phenoxy) is 1. The predicted octanol–water partition coefficient (Wildman–Crippen LogP) is 6.40. The molecule has 1 spiro atoms. The van der Waals surface area contributed by atoms with Gasteiger partial charge in [0.25, 0.3) is 0 Å². The molecule has 5 nitrogen and oxygen atoms in total. The number of carbonyl (C=O) groups excluding carboxylic acids is 2. The first-order chi connectivity index (χ1) is 16.4. The highest BCUT2D eigenvalue weighted by atomic mass is 35.5. The molecule has 2 heterocycles.